The van der Waals surface area contributed by atoms with Gasteiger partial charge in [-0.2, -0.15) is 0 Å². The molecule has 2 rings (SSSR count). The summed E-state index contributed by atoms with van der Waals surface area (Å²) < 4.78 is 5.88. The largest absolute Gasteiger partial charge is 0.459 e. The first kappa shape index (κ1) is 11.9. The van der Waals surface area contributed by atoms with Crippen LogP contribution >= 0.6 is 22.6 Å². The normalized spacial score (nSPS) is 33.8. The first-order valence-electron chi connectivity index (χ1n) is 5.11. The molecule has 1 saturated heterocycles. The molecule has 1 N–H and O–H groups in total. The fourth-order valence-corrected chi connectivity index (χ4v) is 2.82. The average molecular weight is 332 g/mol. The molecule has 1 aromatic rings. The van der Waals surface area contributed by atoms with Crippen LogP contribution in [0.1, 0.15) is 18.4 Å². The molecule has 0 radical (unpaired) electrons. The van der Waals surface area contributed by atoms with Crippen LogP contribution in [0.4, 0.5) is 0 Å². The number of cyclic esters (lactones) is 1. The number of aliphatic hydroxyl groups is 1. The number of alkyl halides is 1. The molecule has 1 aromatic carbocycles. The third kappa shape index (κ3) is 1.84. The average Bonchev–Trinajstić information content (AvgIpc) is 2.51. The topological polar surface area (TPSA) is 46.5 Å². The molecule has 1 fully saturated rings. The molecule has 0 bridgehead atoms. The predicted octanol–water partition coefficient (Wildman–Crippen LogP) is 1.88. The highest BCUT2D eigenvalue weighted by molar-refractivity contribution is 14.1. The van der Waals surface area contributed by atoms with E-state index in [-0.39, 0.29) is 12.0 Å². The Bertz CT molecular complexity index is 389. The van der Waals surface area contributed by atoms with Crippen LogP contribution in [-0.4, -0.2) is 27.2 Å². The Morgan fingerprint density at radius 3 is 2.62 bits per heavy atom. The zero-order valence-electron chi connectivity index (χ0n) is 8.89. The Balaban J connectivity index is 2.41. The minimum absolute atomic E-state index is 0.245. The van der Waals surface area contributed by atoms with Gasteiger partial charge < -0.3 is 9.84 Å². The van der Waals surface area contributed by atoms with Crippen molar-refractivity contribution in [2.45, 2.75) is 24.5 Å². The van der Waals surface area contributed by atoms with Gasteiger partial charge in [0.25, 0.3) is 0 Å². The molecule has 0 aliphatic carbocycles. The second-order valence-electron chi connectivity index (χ2n) is 4.13. The number of rotatable bonds is 2. The molecule has 1 aliphatic rings. The van der Waals surface area contributed by atoms with Gasteiger partial charge in [0, 0.05) is 4.43 Å². The Kier molecular flexibility index (Phi) is 3.21. The molecule has 4 heteroatoms. The molecule has 0 aromatic heterocycles. The molecule has 16 heavy (non-hydrogen) atoms. The van der Waals surface area contributed by atoms with E-state index in [1.54, 1.807) is 0 Å². The lowest BCUT2D eigenvalue weighted by Crippen LogP contribution is -2.37. The Labute approximate surface area is 108 Å². The number of esters is 1. The standard InChI is InChI=1S/C12H13IO3/c1-12(15)10(8-5-3-2-4-6-8)9(7-13)16-11(12)14/h2-6,9-10,15H,7H2,1H3/t9-,10+,12+/m0/s1. The summed E-state index contributed by atoms with van der Waals surface area (Å²) in [7, 11) is 0. The van der Waals surface area contributed by atoms with Crippen molar-refractivity contribution in [3.8, 4) is 0 Å². The van der Waals surface area contributed by atoms with Crippen LogP contribution in [0.25, 0.3) is 0 Å². The highest BCUT2D eigenvalue weighted by Gasteiger charge is 2.53. The van der Waals surface area contributed by atoms with E-state index >= 15 is 0 Å². The summed E-state index contributed by atoms with van der Waals surface area (Å²) in [5.41, 5.74) is -0.475. The van der Waals surface area contributed by atoms with Crippen LogP contribution in [0.5, 0.6) is 0 Å². The number of benzene rings is 1. The first-order chi connectivity index (χ1) is 7.57. The summed E-state index contributed by atoms with van der Waals surface area (Å²) in [6.45, 7) is 1.53. The first-order valence-corrected chi connectivity index (χ1v) is 6.64. The molecule has 86 valence electrons. The lowest BCUT2D eigenvalue weighted by molar-refractivity contribution is -0.153. The van der Waals surface area contributed by atoms with Crippen molar-refractivity contribution in [3.63, 3.8) is 0 Å². The maximum Gasteiger partial charge on any atom is 0.338 e. The summed E-state index contributed by atoms with van der Waals surface area (Å²) in [6.07, 6.45) is -0.245. The van der Waals surface area contributed by atoms with Crippen LogP contribution < -0.4 is 0 Å². The predicted molar refractivity (Wildman–Crippen MR) is 68.6 cm³/mol. The monoisotopic (exact) mass is 332 g/mol. The van der Waals surface area contributed by atoms with E-state index in [1.807, 2.05) is 30.3 Å². The Morgan fingerprint density at radius 1 is 1.44 bits per heavy atom. The second-order valence-corrected chi connectivity index (χ2v) is 5.01. The number of hydrogen-bond donors (Lipinski definition) is 1. The highest BCUT2D eigenvalue weighted by Crippen LogP contribution is 2.40. The van der Waals surface area contributed by atoms with E-state index in [0.29, 0.717) is 4.43 Å². The van der Waals surface area contributed by atoms with Crippen molar-refractivity contribution >= 4 is 28.6 Å². The van der Waals surface area contributed by atoms with Crippen molar-refractivity contribution in [1.29, 1.82) is 0 Å². The fourth-order valence-electron chi connectivity index (χ4n) is 2.13. The number of ether oxygens (including phenoxy) is 1. The molecule has 3 nitrogen and oxygen atoms in total. The van der Waals surface area contributed by atoms with Crippen molar-refractivity contribution in [3.05, 3.63) is 35.9 Å². The minimum Gasteiger partial charge on any atom is -0.459 e. The molecule has 1 aliphatic heterocycles. The summed E-state index contributed by atoms with van der Waals surface area (Å²) in [5.74, 6) is -0.805. The van der Waals surface area contributed by atoms with Gasteiger partial charge in [-0.15, -0.1) is 0 Å². The van der Waals surface area contributed by atoms with Crippen LogP contribution in [0.3, 0.4) is 0 Å². The summed E-state index contributed by atoms with van der Waals surface area (Å²) in [5, 5.41) is 10.2. The highest BCUT2D eigenvalue weighted by atomic mass is 127. The molecule has 1 heterocycles. The summed E-state index contributed by atoms with van der Waals surface area (Å²) in [4.78, 5) is 11.6. The zero-order chi connectivity index (χ0) is 11.8. The van der Waals surface area contributed by atoms with Gasteiger partial charge in [0.05, 0.1) is 5.92 Å². The van der Waals surface area contributed by atoms with Gasteiger partial charge in [-0.05, 0) is 12.5 Å². The van der Waals surface area contributed by atoms with Crippen molar-refractivity contribution in [2.24, 2.45) is 0 Å². The summed E-state index contributed by atoms with van der Waals surface area (Å²) >= 11 is 2.17. The minimum atomic E-state index is -1.42. The fraction of sp³-hybridized carbons (Fsp3) is 0.417. The number of carbonyl (C=O) groups is 1. The van der Waals surface area contributed by atoms with Gasteiger partial charge in [0.1, 0.15) is 6.10 Å². The molecule has 0 saturated carbocycles. The SMILES string of the molecule is C[C@]1(O)C(=O)O[C@@H](CI)[C@H]1c1ccccc1. The Morgan fingerprint density at radius 2 is 2.06 bits per heavy atom. The van der Waals surface area contributed by atoms with Crippen LogP contribution in [0.15, 0.2) is 30.3 Å². The number of hydrogen-bond acceptors (Lipinski definition) is 3. The molecule has 3 atom stereocenters. The van der Waals surface area contributed by atoms with E-state index in [0.717, 1.165) is 5.56 Å². The van der Waals surface area contributed by atoms with Gasteiger partial charge in [0.2, 0.25) is 0 Å². The van der Waals surface area contributed by atoms with E-state index in [1.165, 1.54) is 6.92 Å². The van der Waals surface area contributed by atoms with Crippen molar-refractivity contribution < 1.29 is 14.6 Å². The van der Waals surface area contributed by atoms with E-state index in [4.69, 9.17) is 4.74 Å². The lowest BCUT2D eigenvalue weighted by Gasteiger charge is -2.23. The molecule has 0 unspecified atom stereocenters. The zero-order valence-corrected chi connectivity index (χ0v) is 11.0. The van der Waals surface area contributed by atoms with E-state index < -0.39 is 11.6 Å². The molecular formula is C12H13IO3. The van der Waals surface area contributed by atoms with Crippen molar-refractivity contribution in [1.82, 2.24) is 0 Å². The number of halogens is 1. The third-order valence-corrected chi connectivity index (χ3v) is 3.83. The second kappa shape index (κ2) is 4.33. The van der Waals surface area contributed by atoms with Crippen molar-refractivity contribution in [2.75, 3.05) is 4.43 Å². The van der Waals surface area contributed by atoms with Crippen LogP contribution in [0, 0.1) is 0 Å². The van der Waals surface area contributed by atoms with E-state index in [9.17, 15) is 9.90 Å². The van der Waals surface area contributed by atoms with Gasteiger partial charge in [0.15, 0.2) is 5.60 Å². The summed E-state index contributed by atoms with van der Waals surface area (Å²) in [6, 6.07) is 9.55. The van der Waals surface area contributed by atoms with E-state index in [2.05, 4.69) is 22.6 Å². The number of carbonyl (C=O) groups excluding carboxylic acids is 1. The smallest absolute Gasteiger partial charge is 0.338 e. The quantitative estimate of drug-likeness (QED) is 0.511. The molecular weight excluding hydrogens is 319 g/mol. The van der Waals surface area contributed by atoms with Gasteiger partial charge in [-0.3, -0.25) is 0 Å². The van der Waals surface area contributed by atoms with Gasteiger partial charge in [-0.1, -0.05) is 52.9 Å². The maximum absolute atomic E-state index is 11.6. The third-order valence-electron chi connectivity index (χ3n) is 2.96. The van der Waals surface area contributed by atoms with Gasteiger partial charge in [-0.25, -0.2) is 4.79 Å². The molecule has 0 amide bonds. The van der Waals surface area contributed by atoms with Gasteiger partial charge >= 0.3 is 5.97 Å². The van der Waals surface area contributed by atoms with Crippen LogP contribution in [0.2, 0.25) is 0 Å². The maximum atomic E-state index is 11.6. The lowest BCUT2D eigenvalue weighted by atomic mass is 9.82. The molecule has 0 spiro atoms. The van der Waals surface area contributed by atoms with Crippen LogP contribution in [-0.2, 0) is 9.53 Å². The Hall–Kier alpha value is -0.620.